The molecule has 3 aromatic rings. The largest absolute Gasteiger partial charge is 0.510 e. The van der Waals surface area contributed by atoms with Gasteiger partial charge in [0.15, 0.2) is 6.10 Å². The Bertz CT molecular complexity index is 1190. The maximum atomic E-state index is 11.8. The van der Waals surface area contributed by atoms with Crippen molar-refractivity contribution in [3.63, 3.8) is 0 Å². The molecule has 3 aromatic carbocycles. The summed E-state index contributed by atoms with van der Waals surface area (Å²) in [5.74, 6) is 0.624. The Hall–Kier alpha value is -4.53. The number of hydrogen-bond acceptors (Lipinski definition) is 9. The Labute approximate surface area is 208 Å². The number of carbonyl (C=O) groups is 2. The molecule has 0 bridgehead atoms. The van der Waals surface area contributed by atoms with Crippen LogP contribution in [0.15, 0.2) is 84.0 Å². The molecule has 0 aliphatic carbocycles. The van der Waals surface area contributed by atoms with E-state index in [1.54, 1.807) is 24.3 Å². The van der Waals surface area contributed by atoms with Crippen LogP contribution in [0.4, 0.5) is 4.79 Å². The summed E-state index contributed by atoms with van der Waals surface area (Å²) < 4.78 is 26.4. The van der Waals surface area contributed by atoms with Crippen LogP contribution in [0.25, 0.3) is 0 Å². The molecule has 0 saturated carbocycles. The van der Waals surface area contributed by atoms with Crippen molar-refractivity contribution >= 4 is 17.8 Å². The van der Waals surface area contributed by atoms with Crippen molar-refractivity contribution in [3.8, 4) is 11.5 Å². The third-order valence-corrected chi connectivity index (χ3v) is 5.38. The number of cyclic esters (lactones) is 2. The minimum Gasteiger partial charge on any atom is -0.489 e. The third-order valence-electron chi connectivity index (χ3n) is 5.38. The van der Waals surface area contributed by atoms with Crippen molar-refractivity contribution < 1.29 is 38.1 Å². The van der Waals surface area contributed by atoms with Crippen LogP contribution in [0.3, 0.4) is 0 Å². The van der Waals surface area contributed by atoms with Crippen molar-refractivity contribution in [2.24, 2.45) is 5.16 Å². The fourth-order valence-corrected chi connectivity index (χ4v) is 3.55. The molecule has 1 heterocycles. The predicted molar refractivity (Wildman–Crippen MR) is 129 cm³/mol. The van der Waals surface area contributed by atoms with Gasteiger partial charge in [0.1, 0.15) is 37.5 Å². The van der Waals surface area contributed by atoms with Crippen molar-refractivity contribution in [3.05, 3.63) is 95.6 Å². The molecule has 9 heteroatoms. The summed E-state index contributed by atoms with van der Waals surface area (Å²) in [6.45, 7) is 0.602. The van der Waals surface area contributed by atoms with E-state index in [9.17, 15) is 9.59 Å². The second-order valence-corrected chi connectivity index (χ2v) is 7.73. The first-order valence-corrected chi connectivity index (χ1v) is 11.1. The summed E-state index contributed by atoms with van der Waals surface area (Å²) in [6.07, 6.45) is -2.92. The number of oxime groups is 1. The van der Waals surface area contributed by atoms with Crippen molar-refractivity contribution in [2.45, 2.75) is 18.8 Å². The normalized spacial score (nSPS) is 17.1. The molecule has 0 aromatic heterocycles. The topological polar surface area (TPSA) is 102 Å². The number of esters is 1. The molecule has 1 saturated heterocycles. The Morgan fingerprint density at radius 3 is 2.19 bits per heavy atom. The highest BCUT2D eigenvalue weighted by molar-refractivity contribution is 6.01. The first kappa shape index (κ1) is 24.6. The second-order valence-electron chi connectivity index (χ2n) is 7.73. The van der Waals surface area contributed by atoms with Gasteiger partial charge in [-0.1, -0.05) is 59.8 Å². The average Bonchev–Trinajstić information content (AvgIpc) is 3.32. The average molecular weight is 491 g/mol. The zero-order chi connectivity index (χ0) is 25.3. The van der Waals surface area contributed by atoms with Gasteiger partial charge in [0.2, 0.25) is 6.10 Å². The Morgan fingerprint density at radius 2 is 1.53 bits per heavy atom. The monoisotopic (exact) mass is 491 g/mol. The second kappa shape index (κ2) is 11.7. The van der Waals surface area contributed by atoms with Gasteiger partial charge in [0.25, 0.3) is 0 Å². The first-order valence-electron chi connectivity index (χ1n) is 11.1. The summed E-state index contributed by atoms with van der Waals surface area (Å²) in [7, 11) is 2.72. The molecule has 2 unspecified atom stereocenters. The highest BCUT2D eigenvalue weighted by Gasteiger charge is 2.43. The summed E-state index contributed by atoms with van der Waals surface area (Å²) in [5, 5.41) is 4.06. The van der Waals surface area contributed by atoms with E-state index in [-0.39, 0.29) is 6.61 Å². The molecular formula is C27H25NO8. The number of nitrogens with zero attached hydrogens (tertiary/aromatic N) is 1. The molecule has 1 aliphatic rings. The van der Waals surface area contributed by atoms with Crippen LogP contribution < -0.4 is 9.47 Å². The van der Waals surface area contributed by atoms with Crippen LogP contribution in [0.1, 0.15) is 22.8 Å². The molecule has 186 valence electrons. The molecule has 0 N–H and O–H groups in total. The van der Waals surface area contributed by atoms with E-state index in [1.165, 1.54) is 14.2 Å². The van der Waals surface area contributed by atoms with Crippen LogP contribution in [0, 0.1) is 0 Å². The van der Waals surface area contributed by atoms with Gasteiger partial charge in [0.05, 0.1) is 7.11 Å². The minimum atomic E-state index is -1.14. The maximum absolute atomic E-state index is 11.8. The van der Waals surface area contributed by atoms with Crippen LogP contribution in [0.2, 0.25) is 0 Å². The van der Waals surface area contributed by atoms with Gasteiger partial charge in [-0.3, -0.25) is 0 Å². The Morgan fingerprint density at radius 1 is 0.861 bits per heavy atom. The van der Waals surface area contributed by atoms with E-state index in [0.29, 0.717) is 29.4 Å². The maximum Gasteiger partial charge on any atom is 0.510 e. The molecule has 9 nitrogen and oxygen atoms in total. The smallest absolute Gasteiger partial charge is 0.489 e. The highest BCUT2D eigenvalue weighted by Crippen LogP contribution is 2.32. The molecule has 36 heavy (non-hydrogen) atoms. The lowest BCUT2D eigenvalue weighted by Crippen LogP contribution is -2.27. The van der Waals surface area contributed by atoms with Crippen molar-refractivity contribution in [2.75, 3.05) is 20.8 Å². The quantitative estimate of drug-likeness (QED) is 0.233. The SMILES string of the molecule is CON=C(COc1ccc(COc2ccc(C3OC(=O)OC3C(=O)OC)cc2)cc1)c1ccccc1. The Balaban J connectivity index is 1.30. The molecule has 0 amide bonds. The minimum absolute atomic E-state index is 0.262. The third kappa shape index (κ3) is 6.12. The van der Waals surface area contributed by atoms with E-state index in [0.717, 1.165) is 11.1 Å². The number of carbonyl (C=O) groups excluding carboxylic acids is 2. The lowest BCUT2D eigenvalue weighted by Gasteiger charge is -2.14. The molecular weight excluding hydrogens is 466 g/mol. The molecule has 0 radical (unpaired) electrons. The van der Waals surface area contributed by atoms with Gasteiger partial charge in [-0.2, -0.15) is 0 Å². The zero-order valence-electron chi connectivity index (χ0n) is 19.8. The zero-order valence-corrected chi connectivity index (χ0v) is 19.8. The summed E-state index contributed by atoms with van der Waals surface area (Å²) >= 11 is 0. The number of hydrogen-bond donors (Lipinski definition) is 0. The van der Waals surface area contributed by atoms with E-state index < -0.39 is 24.3 Å². The van der Waals surface area contributed by atoms with Gasteiger partial charge in [-0.25, -0.2) is 9.59 Å². The Kier molecular flexibility index (Phi) is 8.02. The molecule has 1 fully saturated rings. The van der Waals surface area contributed by atoms with Crippen LogP contribution in [-0.2, 0) is 30.4 Å². The van der Waals surface area contributed by atoms with Gasteiger partial charge in [-0.05, 0) is 35.4 Å². The fourth-order valence-electron chi connectivity index (χ4n) is 3.55. The van der Waals surface area contributed by atoms with Gasteiger partial charge in [0, 0.05) is 5.56 Å². The lowest BCUT2D eigenvalue weighted by atomic mass is 10.0. The number of benzene rings is 3. The van der Waals surface area contributed by atoms with E-state index in [2.05, 4.69) is 9.89 Å². The summed E-state index contributed by atoms with van der Waals surface area (Å²) in [5.41, 5.74) is 3.15. The number of methoxy groups -OCH3 is 1. The summed E-state index contributed by atoms with van der Waals surface area (Å²) in [4.78, 5) is 28.3. The number of ether oxygens (including phenoxy) is 5. The van der Waals surface area contributed by atoms with Gasteiger partial charge < -0.3 is 28.5 Å². The number of rotatable bonds is 10. The van der Waals surface area contributed by atoms with Crippen molar-refractivity contribution in [1.82, 2.24) is 0 Å². The molecule has 2 atom stereocenters. The fraction of sp³-hybridized carbons (Fsp3) is 0.222. The van der Waals surface area contributed by atoms with Crippen molar-refractivity contribution in [1.29, 1.82) is 0 Å². The lowest BCUT2D eigenvalue weighted by molar-refractivity contribution is -0.150. The summed E-state index contributed by atoms with van der Waals surface area (Å²) in [6, 6.07) is 24.1. The molecule has 1 aliphatic heterocycles. The van der Waals surface area contributed by atoms with Gasteiger partial charge in [-0.15, -0.1) is 0 Å². The van der Waals surface area contributed by atoms with Crippen LogP contribution in [0.5, 0.6) is 11.5 Å². The van der Waals surface area contributed by atoms with Crippen LogP contribution >= 0.6 is 0 Å². The van der Waals surface area contributed by atoms with E-state index in [4.69, 9.17) is 23.8 Å². The molecule has 0 spiro atoms. The molecule has 4 rings (SSSR count). The van der Waals surface area contributed by atoms with Crippen LogP contribution in [-0.4, -0.2) is 44.8 Å². The predicted octanol–water partition coefficient (Wildman–Crippen LogP) is 4.44. The first-order chi connectivity index (χ1) is 17.6. The standard InChI is InChI=1S/C27H25NO8/c1-31-26(29)25-24(35-27(30)36-25)20-10-14-22(15-11-20)33-16-18-8-12-21(13-9-18)34-17-23(28-32-2)19-6-4-3-5-7-19/h3-15,24-25H,16-17H2,1-2H3. The van der Waals surface area contributed by atoms with E-state index >= 15 is 0 Å². The van der Waals surface area contributed by atoms with E-state index in [1.807, 2.05) is 54.6 Å². The highest BCUT2D eigenvalue weighted by atomic mass is 16.8. The van der Waals surface area contributed by atoms with Gasteiger partial charge >= 0.3 is 12.1 Å².